The first-order chi connectivity index (χ1) is 21.0. The maximum Gasteiger partial charge on any atom is 0.415 e. The number of anilines is 2. The Kier molecular flexibility index (Phi) is 9.52. The van der Waals surface area contributed by atoms with Gasteiger partial charge in [-0.15, -0.1) is 0 Å². The average Bonchev–Trinajstić information content (AvgIpc) is 3.45. The van der Waals surface area contributed by atoms with Gasteiger partial charge in [-0.1, -0.05) is 17.3 Å². The SMILES string of the molecule is [C-]#[N+]c1cc(CN(Cc2cc3c(cc2N(CC)C[C@H]2CC[C@H](C(=O)O)CC2)CCCC3)c2cc(C)no2)cc(C(F)(F)F)c1. The number of aromatic nitrogens is 1. The van der Waals surface area contributed by atoms with E-state index in [1.165, 1.54) is 17.2 Å². The lowest BCUT2D eigenvalue weighted by Gasteiger charge is -2.35. The number of carboxylic acid groups (broad SMARTS) is 1. The Labute approximate surface area is 256 Å². The van der Waals surface area contributed by atoms with Crippen molar-refractivity contribution in [1.29, 1.82) is 0 Å². The van der Waals surface area contributed by atoms with Crippen molar-refractivity contribution in [3.63, 3.8) is 0 Å². The molecule has 2 aliphatic carbocycles. The minimum absolute atomic E-state index is 0.0622. The maximum absolute atomic E-state index is 13.7. The molecule has 2 aromatic carbocycles. The third-order valence-corrected chi connectivity index (χ3v) is 9.04. The fourth-order valence-electron chi connectivity index (χ4n) is 6.68. The van der Waals surface area contributed by atoms with E-state index in [1.54, 1.807) is 13.0 Å². The van der Waals surface area contributed by atoms with Gasteiger partial charge in [-0.3, -0.25) is 4.79 Å². The highest BCUT2D eigenvalue weighted by Crippen LogP contribution is 2.37. The van der Waals surface area contributed by atoms with Gasteiger partial charge in [-0.25, -0.2) is 4.85 Å². The van der Waals surface area contributed by atoms with Gasteiger partial charge in [0.15, 0.2) is 5.69 Å². The highest BCUT2D eigenvalue weighted by atomic mass is 19.4. The first kappa shape index (κ1) is 31.4. The van der Waals surface area contributed by atoms with Crippen LogP contribution in [0.15, 0.2) is 40.9 Å². The zero-order valence-electron chi connectivity index (χ0n) is 25.3. The van der Waals surface area contributed by atoms with Gasteiger partial charge in [0.1, 0.15) is 0 Å². The molecule has 234 valence electrons. The Bertz CT molecular complexity index is 1520. The van der Waals surface area contributed by atoms with Crippen molar-refractivity contribution in [3.8, 4) is 0 Å². The number of hydrogen-bond donors (Lipinski definition) is 1. The molecular weight excluding hydrogens is 569 g/mol. The van der Waals surface area contributed by atoms with Crippen molar-refractivity contribution < 1.29 is 27.6 Å². The molecule has 0 bridgehead atoms. The molecule has 0 atom stereocenters. The van der Waals surface area contributed by atoms with Gasteiger partial charge in [0.2, 0.25) is 5.88 Å². The van der Waals surface area contributed by atoms with Crippen LogP contribution in [-0.2, 0) is 36.9 Å². The summed E-state index contributed by atoms with van der Waals surface area (Å²) in [5, 5.41) is 13.5. The Morgan fingerprint density at radius 3 is 2.32 bits per heavy atom. The summed E-state index contributed by atoms with van der Waals surface area (Å²) in [6.45, 7) is 13.4. The van der Waals surface area contributed by atoms with Crippen LogP contribution in [0.25, 0.3) is 4.85 Å². The van der Waals surface area contributed by atoms with Gasteiger partial charge in [-0.2, -0.15) is 13.2 Å². The summed E-state index contributed by atoms with van der Waals surface area (Å²) >= 11 is 0. The minimum atomic E-state index is -4.57. The Hall–Kier alpha value is -4.00. The van der Waals surface area contributed by atoms with Crippen molar-refractivity contribution in [1.82, 2.24) is 5.16 Å². The van der Waals surface area contributed by atoms with E-state index < -0.39 is 17.7 Å². The Balaban J connectivity index is 1.49. The van der Waals surface area contributed by atoms with Crippen LogP contribution in [0.1, 0.15) is 79.0 Å². The van der Waals surface area contributed by atoms with E-state index in [0.29, 0.717) is 42.4 Å². The summed E-state index contributed by atoms with van der Waals surface area (Å²) < 4.78 is 46.8. The molecule has 1 aromatic heterocycles. The molecule has 2 aliphatic rings. The monoisotopic (exact) mass is 608 g/mol. The van der Waals surface area contributed by atoms with Crippen molar-refractivity contribution in [2.45, 2.75) is 84.5 Å². The first-order valence-electron chi connectivity index (χ1n) is 15.4. The molecule has 3 aromatic rings. The highest BCUT2D eigenvalue weighted by Gasteiger charge is 2.32. The molecule has 1 N–H and O–H groups in total. The van der Waals surface area contributed by atoms with Gasteiger partial charge in [0.05, 0.1) is 18.2 Å². The topological polar surface area (TPSA) is 74.2 Å². The van der Waals surface area contributed by atoms with Crippen molar-refractivity contribution in [3.05, 3.63) is 81.3 Å². The van der Waals surface area contributed by atoms with Gasteiger partial charge in [-0.05, 0) is 112 Å². The summed E-state index contributed by atoms with van der Waals surface area (Å²) in [5.41, 5.74) is 4.90. The van der Waals surface area contributed by atoms with Gasteiger partial charge in [0.25, 0.3) is 0 Å². The van der Waals surface area contributed by atoms with E-state index in [-0.39, 0.29) is 18.2 Å². The van der Waals surface area contributed by atoms with Crippen molar-refractivity contribution in [2.24, 2.45) is 11.8 Å². The second-order valence-electron chi connectivity index (χ2n) is 12.2. The summed E-state index contributed by atoms with van der Waals surface area (Å²) in [5.74, 6) is -0.138. The molecule has 0 amide bonds. The van der Waals surface area contributed by atoms with Crippen molar-refractivity contribution >= 4 is 23.2 Å². The third kappa shape index (κ3) is 7.37. The van der Waals surface area contributed by atoms with E-state index in [0.717, 1.165) is 75.0 Å². The maximum atomic E-state index is 13.7. The molecule has 1 saturated carbocycles. The lowest BCUT2D eigenvalue weighted by molar-refractivity contribution is -0.143. The molecule has 0 saturated heterocycles. The molecule has 0 radical (unpaired) electrons. The molecule has 44 heavy (non-hydrogen) atoms. The predicted molar refractivity (Wildman–Crippen MR) is 163 cm³/mol. The summed E-state index contributed by atoms with van der Waals surface area (Å²) in [6.07, 6.45) is 2.81. The molecule has 5 rings (SSSR count). The molecular formula is C34H39F3N4O3. The number of benzene rings is 2. The molecule has 0 spiro atoms. The van der Waals surface area contributed by atoms with Crippen LogP contribution in [0.2, 0.25) is 0 Å². The second kappa shape index (κ2) is 13.3. The van der Waals surface area contributed by atoms with E-state index in [9.17, 15) is 23.1 Å². The Morgan fingerprint density at radius 2 is 1.73 bits per heavy atom. The number of fused-ring (bicyclic) bond motifs is 1. The number of carboxylic acids is 1. The van der Waals surface area contributed by atoms with E-state index in [1.807, 2.05) is 4.90 Å². The minimum Gasteiger partial charge on any atom is -0.481 e. The van der Waals surface area contributed by atoms with Crippen LogP contribution >= 0.6 is 0 Å². The van der Waals surface area contributed by atoms with E-state index in [2.05, 4.69) is 34.0 Å². The van der Waals surface area contributed by atoms with E-state index in [4.69, 9.17) is 11.1 Å². The largest absolute Gasteiger partial charge is 0.481 e. The van der Waals surface area contributed by atoms with Crippen LogP contribution < -0.4 is 9.80 Å². The number of aliphatic carboxylic acids is 1. The lowest BCUT2D eigenvalue weighted by atomic mass is 9.81. The Morgan fingerprint density at radius 1 is 1.02 bits per heavy atom. The number of aryl methyl sites for hydroxylation is 3. The van der Waals surface area contributed by atoms with Crippen molar-refractivity contribution in [2.75, 3.05) is 22.9 Å². The third-order valence-electron chi connectivity index (χ3n) is 9.04. The predicted octanol–water partition coefficient (Wildman–Crippen LogP) is 8.36. The van der Waals surface area contributed by atoms with Gasteiger partial charge in [0, 0.05) is 43.5 Å². The number of alkyl halides is 3. The molecule has 0 unspecified atom stereocenters. The standard InChI is InChI=1S/C34H39F3N4O3/c1-4-40(19-23-9-11-25(12-10-23)33(42)43)31-17-27-8-6-5-7-26(27)16-28(31)21-41(32-13-22(2)39-44-32)20-24-14-29(34(35,36)37)18-30(15-24)38-3/h13-18,23,25H,4-12,19-21H2,1-2H3,(H,42,43)/t23-,25-. The number of nitrogens with zero attached hydrogens (tertiary/aromatic N) is 4. The van der Waals surface area contributed by atoms with Crippen LogP contribution in [-0.4, -0.2) is 29.3 Å². The van der Waals surface area contributed by atoms with Crippen LogP contribution in [0.4, 0.5) is 30.4 Å². The molecule has 7 nitrogen and oxygen atoms in total. The smallest absolute Gasteiger partial charge is 0.415 e. The zero-order valence-corrected chi connectivity index (χ0v) is 25.3. The number of hydrogen-bond acceptors (Lipinski definition) is 5. The van der Waals surface area contributed by atoms with Crippen LogP contribution in [0, 0.1) is 25.3 Å². The lowest BCUT2D eigenvalue weighted by Crippen LogP contribution is -2.34. The normalized spacial score (nSPS) is 18.4. The zero-order chi connectivity index (χ0) is 31.4. The molecule has 1 heterocycles. The highest BCUT2D eigenvalue weighted by molar-refractivity contribution is 5.70. The summed E-state index contributed by atoms with van der Waals surface area (Å²) in [7, 11) is 0. The number of halogens is 3. The first-order valence-corrected chi connectivity index (χ1v) is 15.4. The summed E-state index contributed by atoms with van der Waals surface area (Å²) in [4.78, 5) is 19.1. The molecule has 10 heteroatoms. The molecule has 0 aliphatic heterocycles. The number of rotatable bonds is 10. The quantitative estimate of drug-likeness (QED) is 0.233. The average molecular weight is 609 g/mol. The number of carbonyl (C=O) groups is 1. The fourth-order valence-corrected chi connectivity index (χ4v) is 6.68. The second-order valence-corrected chi connectivity index (χ2v) is 12.2. The molecule has 1 fully saturated rings. The van der Waals surface area contributed by atoms with Gasteiger partial charge >= 0.3 is 12.1 Å². The fraction of sp³-hybridized carbons (Fsp3) is 0.500. The van der Waals surface area contributed by atoms with Gasteiger partial charge < -0.3 is 19.4 Å². The van der Waals surface area contributed by atoms with Crippen LogP contribution in [0.5, 0.6) is 0 Å². The summed E-state index contributed by atoms with van der Waals surface area (Å²) in [6, 6.07) is 9.80. The van der Waals surface area contributed by atoms with Crippen LogP contribution in [0.3, 0.4) is 0 Å². The van der Waals surface area contributed by atoms with E-state index >= 15 is 0 Å².